The zero-order chi connectivity index (χ0) is 14.7. The van der Waals surface area contributed by atoms with Crippen LogP contribution in [0.1, 0.15) is 50.6 Å². The minimum absolute atomic E-state index is 0.229. The molecular formula is C18H25N3. The van der Waals surface area contributed by atoms with Gasteiger partial charge in [0.25, 0.3) is 0 Å². The molecule has 0 saturated heterocycles. The summed E-state index contributed by atoms with van der Waals surface area (Å²) in [7, 11) is 0. The molecule has 3 unspecified atom stereocenters. The van der Waals surface area contributed by atoms with Gasteiger partial charge in [0.15, 0.2) is 0 Å². The predicted molar refractivity (Wildman–Crippen MR) is 87.5 cm³/mol. The summed E-state index contributed by atoms with van der Waals surface area (Å²) in [6.45, 7) is 2.31. The third-order valence-electron chi connectivity index (χ3n) is 5.10. The largest absolute Gasteiger partial charge is 0.271 e. The number of fused-ring (bicyclic) bond motifs is 1. The van der Waals surface area contributed by atoms with E-state index >= 15 is 0 Å². The number of pyridine rings is 1. The van der Waals surface area contributed by atoms with Gasteiger partial charge < -0.3 is 0 Å². The zero-order valence-corrected chi connectivity index (χ0v) is 12.8. The van der Waals surface area contributed by atoms with Crippen molar-refractivity contribution < 1.29 is 0 Å². The Morgan fingerprint density at radius 2 is 2.24 bits per heavy atom. The average Bonchev–Trinajstić information content (AvgIpc) is 2.56. The number of nitrogens with two attached hydrogens (primary N) is 1. The first-order valence-electron chi connectivity index (χ1n) is 8.12. The summed E-state index contributed by atoms with van der Waals surface area (Å²) < 4.78 is 0. The first-order valence-corrected chi connectivity index (χ1v) is 8.12. The standard InChI is InChI=1S/C18H25N3/c1-2-13-5-3-7-15(11-13)18(21-19)16-8-4-6-14-9-10-20-12-17(14)16/h4,6,8-10,12-13,15,18,21H,2-3,5,7,11,19H2,1H3. The summed E-state index contributed by atoms with van der Waals surface area (Å²) in [5.74, 6) is 7.42. The highest BCUT2D eigenvalue weighted by atomic mass is 15.2. The van der Waals surface area contributed by atoms with Crippen LogP contribution in [0.25, 0.3) is 10.8 Å². The minimum atomic E-state index is 0.229. The van der Waals surface area contributed by atoms with Crippen molar-refractivity contribution >= 4 is 10.8 Å². The highest BCUT2D eigenvalue weighted by Gasteiger charge is 2.29. The van der Waals surface area contributed by atoms with Crippen LogP contribution < -0.4 is 11.3 Å². The molecule has 0 bridgehead atoms. The Balaban J connectivity index is 1.94. The molecule has 2 aromatic rings. The van der Waals surface area contributed by atoms with Gasteiger partial charge >= 0.3 is 0 Å². The molecule has 1 saturated carbocycles. The summed E-state index contributed by atoms with van der Waals surface area (Å²) >= 11 is 0. The fourth-order valence-electron chi connectivity index (χ4n) is 3.89. The quantitative estimate of drug-likeness (QED) is 0.659. The zero-order valence-electron chi connectivity index (χ0n) is 12.8. The van der Waals surface area contributed by atoms with E-state index < -0.39 is 0 Å². The van der Waals surface area contributed by atoms with Crippen molar-refractivity contribution in [2.45, 2.75) is 45.1 Å². The number of hydrazine groups is 1. The van der Waals surface area contributed by atoms with Gasteiger partial charge in [-0.05, 0) is 41.7 Å². The fourth-order valence-corrected chi connectivity index (χ4v) is 3.89. The van der Waals surface area contributed by atoms with Crippen molar-refractivity contribution in [2.75, 3.05) is 0 Å². The number of aromatic nitrogens is 1. The molecule has 1 aliphatic carbocycles. The first-order chi connectivity index (χ1) is 10.3. The average molecular weight is 283 g/mol. The van der Waals surface area contributed by atoms with Crippen molar-refractivity contribution in [1.29, 1.82) is 0 Å². The van der Waals surface area contributed by atoms with Crippen LogP contribution in [0.4, 0.5) is 0 Å². The molecule has 3 N–H and O–H groups in total. The Bertz CT molecular complexity index is 591. The molecular weight excluding hydrogens is 258 g/mol. The van der Waals surface area contributed by atoms with Gasteiger partial charge in [0.2, 0.25) is 0 Å². The molecule has 0 spiro atoms. The van der Waals surface area contributed by atoms with Crippen LogP contribution in [0.5, 0.6) is 0 Å². The van der Waals surface area contributed by atoms with Crippen molar-refractivity contribution in [1.82, 2.24) is 10.4 Å². The van der Waals surface area contributed by atoms with Crippen LogP contribution in [0.3, 0.4) is 0 Å². The lowest BCUT2D eigenvalue weighted by atomic mass is 9.75. The summed E-state index contributed by atoms with van der Waals surface area (Å²) in [5.41, 5.74) is 4.39. The number of rotatable bonds is 4. The highest BCUT2D eigenvalue weighted by Crippen LogP contribution is 2.39. The molecule has 21 heavy (non-hydrogen) atoms. The smallest absolute Gasteiger partial charge is 0.0494 e. The van der Waals surface area contributed by atoms with Gasteiger partial charge in [-0.25, -0.2) is 0 Å². The lowest BCUT2D eigenvalue weighted by molar-refractivity contribution is 0.210. The Morgan fingerprint density at radius 1 is 1.33 bits per heavy atom. The van der Waals surface area contributed by atoms with Crippen LogP contribution in [0, 0.1) is 11.8 Å². The van der Waals surface area contributed by atoms with E-state index in [9.17, 15) is 0 Å². The Labute approximate surface area is 126 Å². The summed E-state index contributed by atoms with van der Waals surface area (Å²) in [5, 5.41) is 2.46. The number of hydrogen-bond acceptors (Lipinski definition) is 3. The molecule has 3 rings (SSSR count). The van der Waals surface area contributed by atoms with Crippen LogP contribution in [0.2, 0.25) is 0 Å². The molecule has 3 heteroatoms. The first kappa shape index (κ1) is 14.5. The monoisotopic (exact) mass is 283 g/mol. The topological polar surface area (TPSA) is 50.9 Å². The lowest BCUT2D eigenvalue weighted by Crippen LogP contribution is -2.36. The summed E-state index contributed by atoms with van der Waals surface area (Å²) in [6, 6.07) is 8.77. The van der Waals surface area contributed by atoms with Crippen molar-refractivity contribution in [3.05, 3.63) is 42.2 Å². The maximum Gasteiger partial charge on any atom is 0.0494 e. The van der Waals surface area contributed by atoms with Gasteiger partial charge in [0.05, 0.1) is 0 Å². The normalized spacial score (nSPS) is 24.1. The molecule has 3 nitrogen and oxygen atoms in total. The summed E-state index contributed by atoms with van der Waals surface area (Å²) in [6.07, 6.45) is 10.3. The molecule has 1 fully saturated rings. The fraction of sp³-hybridized carbons (Fsp3) is 0.500. The molecule has 0 aliphatic heterocycles. The van der Waals surface area contributed by atoms with E-state index in [0.29, 0.717) is 5.92 Å². The second-order valence-electron chi connectivity index (χ2n) is 6.29. The molecule has 1 heterocycles. The van der Waals surface area contributed by atoms with E-state index in [-0.39, 0.29) is 6.04 Å². The van der Waals surface area contributed by atoms with E-state index in [1.165, 1.54) is 48.4 Å². The van der Waals surface area contributed by atoms with Crippen LogP contribution in [-0.2, 0) is 0 Å². The molecule has 1 aromatic carbocycles. The lowest BCUT2D eigenvalue weighted by Gasteiger charge is -2.34. The Kier molecular flexibility index (Phi) is 4.51. The third-order valence-corrected chi connectivity index (χ3v) is 5.10. The summed E-state index contributed by atoms with van der Waals surface area (Å²) in [4.78, 5) is 4.30. The second kappa shape index (κ2) is 6.54. The molecule has 112 valence electrons. The van der Waals surface area contributed by atoms with Gasteiger partial charge in [-0.15, -0.1) is 0 Å². The number of hydrogen-bond donors (Lipinski definition) is 2. The number of nitrogens with one attached hydrogen (secondary N) is 1. The predicted octanol–water partition coefficient (Wildman–Crippen LogP) is 3.96. The maximum atomic E-state index is 5.94. The van der Waals surface area contributed by atoms with E-state index in [4.69, 9.17) is 5.84 Å². The van der Waals surface area contributed by atoms with E-state index in [0.717, 1.165) is 5.92 Å². The van der Waals surface area contributed by atoms with E-state index in [2.05, 4.69) is 41.6 Å². The van der Waals surface area contributed by atoms with E-state index in [1.54, 1.807) is 0 Å². The Hall–Kier alpha value is -1.45. The number of benzene rings is 1. The van der Waals surface area contributed by atoms with Gasteiger partial charge in [-0.3, -0.25) is 16.3 Å². The van der Waals surface area contributed by atoms with Crippen molar-refractivity contribution in [2.24, 2.45) is 17.7 Å². The number of nitrogens with zero attached hydrogens (tertiary/aromatic N) is 1. The van der Waals surface area contributed by atoms with Crippen molar-refractivity contribution in [3.63, 3.8) is 0 Å². The molecule has 1 aliphatic rings. The second-order valence-corrected chi connectivity index (χ2v) is 6.29. The van der Waals surface area contributed by atoms with Gasteiger partial charge in [-0.1, -0.05) is 44.4 Å². The van der Waals surface area contributed by atoms with Gasteiger partial charge in [0.1, 0.15) is 0 Å². The Morgan fingerprint density at radius 3 is 3.05 bits per heavy atom. The molecule has 0 amide bonds. The van der Waals surface area contributed by atoms with Gasteiger partial charge in [0, 0.05) is 23.8 Å². The minimum Gasteiger partial charge on any atom is -0.271 e. The SMILES string of the molecule is CCC1CCCC(C(NN)c2cccc3ccncc23)C1. The third kappa shape index (κ3) is 2.94. The van der Waals surface area contributed by atoms with Crippen molar-refractivity contribution in [3.8, 4) is 0 Å². The molecule has 1 aromatic heterocycles. The molecule has 0 radical (unpaired) electrons. The van der Waals surface area contributed by atoms with E-state index in [1.807, 2.05) is 12.4 Å². The molecule has 3 atom stereocenters. The van der Waals surface area contributed by atoms with Gasteiger partial charge in [-0.2, -0.15) is 0 Å². The maximum absolute atomic E-state index is 5.94. The van der Waals surface area contributed by atoms with Crippen LogP contribution in [-0.4, -0.2) is 4.98 Å². The highest BCUT2D eigenvalue weighted by molar-refractivity contribution is 5.85. The van der Waals surface area contributed by atoms with Crippen LogP contribution >= 0.6 is 0 Å². The van der Waals surface area contributed by atoms with Crippen LogP contribution in [0.15, 0.2) is 36.7 Å².